The van der Waals surface area contributed by atoms with Crippen molar-refractivity contribution in [3.63, 3.8) is 0 Å². The van der Waals surface area contributed by atoms with Gasteiger partial charge in [0.1, 0.15) is 36.1 Å². The van der Waals surface area contributed by atoms with E-state index < -0.39 is 31.1 Å². The van der Waals surface area contributed by atoms with Crippen molar-refractivity contribution in [3.8, 4) is 22.6 Å². The molecular weight excluding hydrogens is 368 g/mol. The van der Waals surface area contributed by atoms with Gasteiger partial charge in [-0.3, -0.25) is 0 Å². The van der Waals surface area contributed by atoms with Crippen molar-refractivity contribution in [2.24, 2.45) is 0 Å². The molecule has 3 aromatic rings. The molecule has 0 radical (unpaired) electrons. The van der Waals surface area contributed by atoms with Crippen molar-refractivity contribution < 1.29 is 29.5 Å². The second kappa shape index (κ2) is 6.31. The van der Waals surface area contributed by atoms with Crippen LogP contribution >= 0.6 is 0 Å². The summed E-state index contributed by atoms with van der Waals surface area (Å²) in [4.78, 5) is 8.37. The lowest BCUT2D eigenvalue weighted by molar-refractivity contribution is -0.0508. The molecule has 0 unspecified atom stereocenters. The second-order valence-corrected chi connectivity index (χ2v) is 6.70. The highest BCUT2D eigenvalue weighted by molar-refractivity contribution is 6.01. The van der Waals surface area contributed by atoms with Crippen LogP contribution < -0.4 is 15.2 Å². The molecule has 5 N–H and O–H groups in total. The number of nitrogen functional groups attached to an aromatic ring is 1. The summed E-state index contributed by atoms with van der Waals surface area (Å²) in [6.45, 7) is -0.256. The molecule has 0 aliphatic carbocycles. The van der Waals surface area contributed by atoms with Gasteiger partial charge in [0.15, 0.2) is 17.7 Å². The molecule has 0 spiro atoms. The molecule has 0 amide bonds. The number of aliphatic hydroxyl groups is 3. The van der Waals surface area contributed by atoms with Crippen LogP contribution in [0.1, 0.15) is 6.23 Å². The maximum absolute atomic E-state index is 10.4. The van der Waals surface area contributed by atoms with E-state index in [1.807, 2.05) is 12.1 Å². The van der Waals surface area contributed by atoms with Crippen molar-refractivity contribution in [2.75, 3.05) is 19.1 Å². The summed E-state index contributed by atoms with van der Waals surface area (Å²) >= 11 is 0. The monoisotopic (exact) mass is 386 g/mol. The van der Waals surface area contributed by atoms with Gasteiger partial charge in [0.2, 0.25) is 6.79 Å². The highest BCUT2D eigenvalue weighted by atomic mass is 16.7. The first-order chi connectivity index (χ1) is 13.6. The van der Waals surface area contributed by atoms with Gasteiger partial charge in [-0.05, 0) is 17.7 Å². The zero-order valence-corrected chi connectivity index (χ0v) is 14.6. The van der Waals surface area contributed by atoms with Crippen molar-refractivity contribution in [2.45, 2.75) is 24.5 Å². The van der Waals surface area contributed by atoms with Crippen LogP contribution in [0.2, 0.25) is 0 Å². The standard InChI is InChI=1S/C18H18N4O6/c19-16-13-9(8-1-2-10-11(3-8)27-7-26-10)4-22(17(13)21-6-20-16)18-15(25)14(24)12(5-23)28-18/h1-4,6,12,14-15,18,23-25H,5,7H2,(H2,19,20,21)/t12-,14-,15-,18-/m1/s1. The molecular formula is C18H18N4O6. The first-order valence-corrected chi connectivity index (χ1v) is 8.72. The molecule has 0 saturated carbocycles. The minimum atomic E-state index is -1.24. The molecule has 2 aromatic heterocycles. The molecule has 5 rings (SSSR count). The van der Waals surface area contributed by atoms with Crippen LogP contribution in [0.5, 0.6) is 11.5 Å². The lowest BCUT2D eigenvalue weighted by Gasteiger charge is -2.17. The normalized spacial score (nSPS) is 26.2. The van der Waals surface area contributed by atoms with Crippen molar-refractivity contribution in [3.05, 3.63) is 30.7 Å². The van der Waals surface area contributed by atoms with Crippen molar-refractivity contribution in [1.29, 1.82) is 0 Å². The van der Waals surface area contributed by atoms with Gasteiger partial charge in [-0.1, -0.05) is 6.07 Å². The highest BCUT2D eigenvalue weighted by Crippen LogP contribution is 2.41. The molecule has 4 heterocycles. The predicted molar refractivity (Wildman–Crippen MR) is 96.5 cm³/mol. The first-order valence-electron chi connectivity index (χ1n) is 8.72. The number of aliphatic hydroxyl groups excluding tert-OH is 3. The summed E-state index contributed by atoms with van der Waals surface area (Å²) in [5.74, 6) is 1.53. The largest absolute Gasteiger partial charge is 0.454 e. The molecule has 1 fully saturated rings. The number of benzene rings is 1. The van der Waals surface area contributed by atoms with Crippen LogP contribution in [0, 0.1) is 0 Å². The number of nitrogens with two attached hydrogens (primary N) is 1. The molecule has 1 aromatic carbocycles. The van der Waals surface area contributed by atoms with Gasteiger partial charge in [-0.25, -0.2) is 9.97 Å². The SMILES string of the molecule is Nc1ncnc2c1c(-c1ccc3c(c1)OCO3)cn2[C@@H]1O[C@H](CO)[C@@H](O)[C@H]1O. The van der Waals surface area contributed by atoms with E-state index in [4.69, 9.17) is 19.9 Å². The maximum atomic E-state index is 10.4. The Labute approximate surface area is 158 Å². The van der Waals surface area contributed by atoms with E-state index in [9.17, 15) is 15.3 Å². The quantitative estimate of drug-likeness (QED) is 0.489. The van der Waals surface area contributed by atoms with Crippen LogP contribution in [-0.2, 0) is 4.74 Å². The smallest absolute Gasteiger partial charge is 0.231 e. The molecule has 1 saturated heterocycles. The highest BCUT2D eigenvalue weighted by Gasteiger charge is 2.44. The predicted octanol–water partition coefficient (Wildman–Crippen LogP) is 0.0207. The third-order valence-electron chi connectivity index (χ3n) is 5.11. The molecule has 0 bridgehead atoms. The molecule has 28 heavy (non-hydrogen) atoms. The Bertz CT molecular complexity index is 1050. The number of nitrogens with zero attached hydrogens (tertiary/aromatic N) is 3. The van der Waals surface area contributed by atoms with Crippen LogP contribution in [0.15, 0.2) is 30.7 Å². The summed E-state index contributed by atoms with van der Waals surface area (Å²) < 4.78 is 18.1. The summed E-state index contributed by atoms with van der Waals surface area (Å²) in [6.07, 6.45) is -1.25. The van der Waals surface area contributed by atoms with Crippen molar-refractivity contribution >= 4 is 16.9 Å². The average Bonchev–Trinajstić information content (AvgIpc) is 3.39. The van der Waals surface area contributed by atoms with E-state index in [0.29, 0.717) is 28.1 Å². The minimum Gasteiger partial charge on any atom is -0.454 e. The zero-order valence-electron chi connectivity index (χ0n) is 14.6. The number of hydrogen-bond donors (Lipinski definition) is 4. The molecule has 2 aliphatic heterocycles. The van der Waals surface area contributed by atoms with E-state index in [2.05, 4.69) is 9.97 Å². The van der Waals surface area contributed by atoms with Gasteiger partial charge >= 0.3 is 0 Å². The summed E-state index contributed by atoms with van der Waals surface area (Å²) in [7, 11) is 0. The molecule has 10 heteroatoms. The van der Waals surface area contributed by atoms with Crippen LogP contribution in [0.3, 0.4) is 0 Å². The lowest BCUT2D eigenvalue weighted by Crippen LogP contribution is -2.33. The average molecular weight is 386 g/mol. The Balaban J connectivity index is 1.67. The van der Waals surface area contributed by atoms with Gasteiger partial charge in [0.25, 0.3) is 0 Å². The van der Waals surface area contributed by atoms with E-state index in [1.54, 1.807) is 16.8 Å². The van der Waals surface area contributed by atoms with Crippen molar-refractivity contribution in [1.82, 2.24) is 14.5 Å². The third-order valence-corrected chi connectivity index (χ3v) is 5.11. The fourth-order valence-electron chi connectivity index (χ4n) is 3.70. The maximum Gasteiger partial charge on any atom is 0.231 e. The zero-order chi connectivity index (χ0) is 19.4. The Morgan fingerprint density at radius 1 is 1.14 bits per heavy atom. The summed E-state index contributed by atoms with van der Waals surface area (Å²) in [5, 5.41) is 30.5. The molecule has 10 nitrogen and oxygen atoms in total. The number of ether oxygens (including phenoxy) is 3. The van der Waals surface area contributed by atoms with E-state index in [1.165, 1.54) is 6.33 Å². The van der Waals surface area contributed by atoms with Crippen LogP contribution in [-0.4, -0.2) is 61.6 Å². The number of rotatable bonds is 3. The number of aromatic nitrogens is 3. The molecule has 4 atom stereocenters. The minimum absolute atomic E-state index is 0.161. The fraction of sp³-hybridized carbons (Fsp3) is 0.333. The Hall–Kier alpha value is -2.92. The first kappa shape index (κ1) is 17.2. The lowest BCUT2D eigenvalue weighted by atomic mass is 10.1. The second-order valence-electron chi connectivity index (χ2n) is 6.70. The number of anilines is 1. The summed E-state index contributed by atoms with van der Waals surface area (Å²) in [6, 6.07) is 5.48. The fourth-order valence-corrected chi connectivity index (χ4v) is 3.70. The Morgan fingerprint density at radius 2 is 1.96 bits per heavy atom. The van der Waals surface area contributed by atoms with Crippen LogP contribution in [0.25, 0.3) is 22.2 Å². The number of fused-ring (bicyclic) bond motifs is 2. The van der Waals surface area contributed by atoms with Gasteiger partial charge in [-0.15, -0.1) is 0 Å². The van der Waals surface area contributed by atoms with Gasteiger partial charge in [-0.2, -0.15) is 0 Å². The summed E-state index contributed by atoms with van der Waals surface area (Å²) in [5.41, 5.74) is 8.07. The van der Waals surface area contributed by atoms with Gasteiger partial charge in [0.05, 0.1) is 12.0 Å². The molecule has 2 aliphatic rings. The Morgan fingerprint density at radius 3 is 2.75 bits per heavy atom. The van der Waals surface area contributed by atoms with Crippen LogP contribution in [0.4, 0.5) is 5.82 Å². The van der Waals surface area contributed by atoms with E-state index in [0.717, 1.165) is 5.56 Å². The van der Waals surface area contributed by atoms with E-state index >= 15 is 0 Å². The Kier molecular flexibility index (Phi) is 3.88. The molecule has 146 valence electrons. The van der Waals surface area contributed by atoms with Gasteiger partial charge in [0, 0.05) is 11.8 Å². The topological polar surface area (TPSA) is 145 Å². The number of hydrogen-bond acceptors (Lipinski definition) is 9. The van der Waals surface area contributed by atoms with E-state index in [-0.39, 0.29) is 12.6 Å². The third kappa shape index (κ3) is 2.43. The van der Waals surface area contributed by atoms with Gasteiger partial charge < -0.3 is 39.8 Å².